The molecule has 0 aliphatic rings. The number of nitriles is 1. The Morgan fingerprint density at radius 3 is 3.06 bits per heavy atom. The maximum Gasteiger partial charge on any atom is 0.261 e. The van der Waals surface area contributed by atoms with E-state index >= 15 is 0 Å². The minimum Gasteiger partial charge on any atom is -0.383 e. The number of alkyl halides is 2. The van der Waals surface area contributed by atoms with Crippen molar-refractivity contribution in [3.8, 4) is 6.07 Å². The number of hydrogen-bond acceptors (Lipinski definition) is 4. The molecule has 0 bridgehead atoms. The first-order valence-electron chi connectivity index (χ1n) is 4.68. The fourth-order valence-corrected chi connectivity index (χ4v) is 1.04. The summed E-state index contributed by atoms with van der Waals surface area (Å²) in [6.07, 6.45) is -0.938. The van der Waals surface area contributed by atoms with Crippen molar-refractivity contribution < 1.29 is 13.5 Å². The van der Waals surface area contributed by atoms with E-state index in [0.29, 0.717) is 17.9 Å². The number of hydrogen-bond donors (Lipinski definition) is 1. The molecule has 0 fully saturated rings. The molecule has 0 amide bonds. The van der Waals surface area contributed by atoms with Crippen LogP contribution in [-0.2, 0) is 4.74 Å². The van der Waals surface area contributed by atoms with Gasteiger partial charge >= 0.3 is 0 Å². The molecule has 0 saturated heterocycles. The lowest BCUT2D eigenvalue weighted by molar-refractivity contribution is 0.0215. The van der Waals surface area contributed by atoms with Gasteiger partial charge in [0.05, 0.1) is 6.61 Å². The van der Waals surface area contributed by atoms with Crippen molar-refractivity contribution in [1.82, 2.24) is 4.98 Å². The zero-order valence-electron chi connectivity index (χ0n) is 8.49. The first-order valence-corrected chi connectivity index (χ1v) is 4.68. The Morgan fingerprint density at radius 1 is 1.56 bits per heavy atom. The van der Waals surface area contributed by atoms with Gasteiger partial charge in [0.2, 0.25) is 0 Å². The van der Waals surface area contributed by atoms with E-state index in [-0.39, 0.29) is 6.61 Å². The van der Waals surface area contributed by atoms with Crippen LogP contribution in [0.3, 0.4) is 0 Å². The summed E-state index contributed by atoms with van der Waals surface area (Å²) in [6, 6.07) is 5.17. The number of ether oxygens (including phenoxy) is 1. The molecule has 1 N–H and O–H groups in total. The fourth-order valence-electron chi connectivity index (χ4n) is 1.04. The van der Waals surface area contributed by atoms with E-state index in [4.69, 9.17) is 5.26 Å². The van der Waals surface area contributed by atoms with Gasteiger partial charge in [0.15, 0.2) is 0 Å². The standard InChI is InChI=1S/C10H11F2N3O/c11-10(12)7-16-4-3-15-8-1-2-14-9(5-8)6-13/h1-2,5,10H,3-4,7H2,(H,14,15). The molecule has 6 heteroatoms. The minimum atomic E-state index is -2.44. The second-order valence-electron chi connectivity index (χ2n) is 2.93. The largest absolute Gasteiger partial charge is 0.383 e. The second-order valence-corrected chi connectivity index (χ2v) is 2.93. The van der Waals surface area contributed by atoms with Crippen molar-refractivity contribution in [3.63, 3.8) is 0 Å². The summed E-state index contributed by atoms with van der Waals surface area (Å²) < 4.78 is 28.1. The van der Waals surface area contributed by atoms with Gasteiger partial charge in [-0.25, -0.2) is 13.8 Å². The van der Waals surface area contributed by atoms with Crippen LogP contribution in [0, 0.1) is 11.3 Å². The Labute approximate surface area is 91.9 Å². The third-order valence-corrected chi connectivity index (χ3v) is 1.69. The van der Waals surface area contributed by atoms with Crippen LogP contribution in [0.1, 0.15) is 5.69 Å². The average Bonchev–Trinajstić information content (AvgIpc) is 2.28. The van der Waals surface area contributed by atoms with E-state index in [2.05, 4.69) is 15.0 Å². The molecule has 0 spiro atoms. The molecule has 1 aromatic rings. The molecule has 16 heavy (non-hydrogen) atoms. The maximum absolute atomic E-state index is 11.7. The van der Waals surface area contributed by atoms with Gasteiger partial charge in [0.1, 0.15) is 18.4 Å². The monoisotopic (exact) mass is 227 g/mol. The molecule has 1 heterocycles. The highest BCUT2D eigenvalue weighted by Gasteiger charge is 2.01. The number of anilines is 1. The van der Waals surface area contributed by atoms with Crippen LogP contribution in [0.15, 0.2) is 18.3 Å². The SMILES string of the molecule is N#Cc1cc(NCCOCC(F)F)ccn1. The third kappa shape index (κ3) is 4.66. The van der Waals surface area contributed by atoms with Crippen LogP contribution in [0.25, 0.3) is 0 Å². The Bertz CT molecular complexity index is 365. The molecule has 0 saturated carbocycles. The molecule has 0 unspecified atom stereocenters. The molecule has 86 valence electrons. The molecule has 1 aromatic heterocycles. The number of halogens is 2. The van der Waals surface area contributed by atoms with Crippen LogP contribution in [-0.4, -0.2) is 31.2 Å². The number of aromatic nitrogens is 1. The molecule has 0 aliphatic carbocycles. The van der Waals surface area contributed by atoms with Crippen LogP contribution in [0.4, 0.5) is 14.5 Å². The van der Waals surface area contributed by atoms with E-state index in [0.717, 1.165) is 0 Å². The highest BCUT2D eigenvalue weighted by Crippen LogP contribution is 2.06. The van der Waals surface area contributed by atoms with Crippen LogP contribution >= 0.6 is 0 Å². The Balaban J connectivity index is 2.24. The van der Waals surface area contributed by atoms with E-state index in [1.54, 1.807) is 12.1 Å². The molecule has 4 nitrogen and oxygen atoms in total. The molecule has 0 radical (unpaired) electrons. The van der Waals surface area contributed by atoms with E-state index in [1.165, 1.54) is 6.20 Å². The highest BCUT2D eigenvalue weighted by atomic mass is 19.3. The number of nitrogens with one attached hydrogen (secondary N) is 1. The van der Waals surface area contributed by atoms with Crippen molar-refractivity contribution in [1.29, 1.82) is 5.26 Å². The summed E-state index contributed by atoms with van der Waals surface area (Å²) >= 11 is 0. The third-order valence-electron chi connectivity index (χ3n) is 1.69. The van der Waals surface area contributed by atoms with Crippen molar-refractivity contribution in [2.75, 3.05) is 25.1 Å². The first-order chi connectivity index (χ1) is 7.72. The molecule has 0 aliphatic heterocycles. The quantitative estimate of drug-likeness (QED) is 0.750. The van der Waals surface area contributed by atoms with Crippen molar-refractivity contribution in [3.05, 3.63) is 24.0 Å². The van der Waals surface area contributed by atoms with Crippen molar-refractivity contribution in [2.24, 2.45) is 0 Å². The lowest BCUT2D eigenvalue weighted by atomic mass is 10.3. The van der Waals surface area contributed by atoms with Crippen molar-refractivity contribution >= 4 is 5.69 Å². The summed E-state index contributed by atoms with van der Waals surface area (Å²) in [5, 5.41) is 11.5. The van der Waals surface area contributed by atoms with Gasteiger partial charge in [-0.3, -0.25) is 0 Å². The molecular weight excluding hydrogens is 216 g/mol. The van der Waals surface area contributed by atoms with E-state index in [9.17, 15) is 8.78 Å². The predicted molar refractivity (Wildman–Crippen MR) is 54.3 cm³/mol. The topological polar surface area (TPSA) is 57.9 Å². The van der Waals surface area contributed by atoms with Crippen LogP contribution in [0.2, 0.25) is 0 Å². The number of rotatable bonds is 6. The van der Waals surface area contributed by atoms with Gasteiger partial charge in [0, 0.05) is 18.4 Å². The highest BCUT2D eigenvalue weighted by molar-refractivity contribution is 5.45. The Hall–Kier alpha value is -1.74. The van der Waals surface area contributed by atoms with Gasteiger partial charge in [-0.1, -0.05) is 0 Å². The lowest BCUT2D eigenvalue weighted by Crippen LogP contribution is -2.13. The summed E-state index contributed by atoms with van der Waals surface area (Å²) in [6.45, 7) is 0.0393. The summed E-state index contributed by atoms with van der Waals surface area (Å²) in [5.74, 6) is 0. The van der Waals surface area contributed by atoms with Gasteiger partial charge in [-0.15, -0.1) is 0 Å². The minimum absolute atomic E-state index is 0.189. The van der Waals surface area contributed by atoms with Crippen molar-refractivity contribution in [2.45, 2.75) is 6.43 Å². The van der Waals surface area contributed by atoms with E-state index < -0.39 is 13.0 Å². The average molecular weight is 227 g/mol. The zero-order valence-corrected chi connectivity index (χ0v) is 8.49. The zero-order chi connectivity index (χ0) is 11.8. The number of nitrogens with zero attached hydrogens (tertiary/aromatic N) is 2. The smallest absolute Gasteiger partial charge is 0.261 e. The molecule has 0 atom stereocenters. The van der Waals surface area contributed by atoms with Gasteiger partial charge in [0.25, 0.3) is 6.43 Å². The Kier molecular flexibility index (Phi) is 5.16. The summed E-state index contributed by atoms with van der Waals surface area (Å²) in [7, 11) is 0. The van der Waals surface area contributed by atoms with Gasteiger partial charge in [-0.05, 0) is 12.1 Å². The van der Waals surface area contributed by atoms with Crippen LogP contribution in [0.5, 0.6) is 0 Å². The van der Waals surface area contributed by atoms with E-state index in [1.807, 2.05) is 6.07 Å². The summed E-state index contributed by atoms with van der Waals surface area (Å²) in [4.78, 5) is 3.79. The molecular formula is C10H11F2N3O. The van der Waals surface area contributed by atoms with Crippen LogP contribution < -0.4 is 5.32 Å². The fraction of sp³-hybridized carbons (Fsp3) is 0.400. The summed E-state index contributed by atoms with van der Waals surface area (Å²) in [5.41, 5.74) is 1.02. The number of pyridine rings is 1. The molecule has 0 aromatic carbocycles. The maximum atomic E-state index is 11.7. The van der Waals surface area contributed by atoms with Gasteiger partial charge < -0.3 is 10.1 Å². The second kappa shape index (κ2) is 6.69. The van der Waals surface area contributed by atoms with Gasteiger partial charge in [-0.2, -0.15) is 5.26 Å². The molecule has 1 rings (SSSR count). The first kappa shape index (κ1) is 12.3. The predicted octanol–water partition coefficient (Wildman–Crippen LogP) is 1.65. The Morgan fingerprint density at radius 2 is 2.38 bits per heavy atom. The normalized spacial score (nSPS) is 10.1. The lowest BCUT2D eigenvalue weighted by Gasteiger charge is -2.06.